The molecule has 0 bridgehead atoms. The molecule has 0 saturated carbocycles. The zero-order valence-electron chi connectivity index (χ0n) is 36.4. The van der Waals surface area contributed by atoms with E-state index in [1.54, 1.807) is 6.08 Å². The van der Waals surface area contributed by atoms with Crippen LogP contribution in [0.4, 0.5) is 0 Å². The van der Waals surface area contributed by atoms with Crippen molar-refractivity contribution in [3.8, 4) is 0 Å². The molecule has 2 aliphatic heterocycles. The van der Waals surface area contributed by atoms with Crippen LogP contribution in [-0.4, -0.2) is 140 Å². The highest BCUT2D eigenvalue weighted by Crippen LogP contribution is 2.30. The molecule has 0 radical (unpaired) electrons. The molecule has 348 valence electrons. The summed E-state index contributed by atoms with van der Waals surface area (Å²) in [6.45, 7) is 2.61. The van der Waals surface area contributed by atoms with Crippen molar-refractivity contribution in [3.63, 3.8) is 0 Å². The lowest BCUT2D eigenvalue weighted by Gasteiger charge is -2.46. The molecular formula is C46H81NO13. The molecule has 14 nitrogen and oxygen atoms in total. The van der Waals surface area contributed by atoms with Crippen molar-refractivity contribution in [2.45, 2.75) is 216 Å². The first kappa shape index (κ1) is 54.1. The SMILES string of the molecule is CC/C=C\C/C=C\C/C=C\CCCCCCCC(=O)NC(COC1OC(CO)C(OC2OC(CO)C(O)C(O)C2O)C(O)C1O)C(O)/C=C/CCCCCCCCCCC. The first-order valence-corrected chi connectivity index (χ1v) is 22.9. The van der Waals surface area contributed by atoms with Gasteiger partial charge in [0.25, 0.3) is 0 Å². The van der Waals surface area contributed by atoms with Gasteiger partial charge in [0, 0.05) is 6.42 Å². The van der Waals surface area contributed by atoms with E-state index < -0.39 is 86.8 Å². The maximum absolute atomic E-state index is 13.1. The second kappa shape index (κ2) is 33.5. The Bertz CT molecular complexity index is 1200. The van der Waals surface area contributed by atoms with E-state index in [4.69, 9.17) is 18.9 Å². The summed E-state index contributed by atoms with van der Waals surface area (Å²) in [4.78, 5) is 13.1. The van der Waals surface area contributed by atoms with E-state index in [1.165, 1.54) is 44.9 Å². The van der Waals surface area contributed by atoms with Crippen molar-refractivity contribution in [2.75, 3.05) is 19.8 Å². The highest BCUT2D eigenvalue weighted by molar-refractivity contribution is 5.76. The van der Waals surface area contributed by atoms with Crippen LogP contribution < -0.4 is 5.32 Å². The van der Waals surface area contributed by atoms with Crippen LogP contribution in [-0.2, 0) is 23.7 Å². The van der Waals surface area contributed by atoms with E-state index in [9.17, 15) is 45.6 Å². The Labute approximate surface area is 359 Å². The molecule has 0 aromatic heterocycles. The number of amides is 1. The number of hydrogen-bond acceptors (Lipinski definition) is 13. The number of allylic oxidation sites excluding steroid dienone is 7. The number of aliphatic hydroxyl groups is 8. The van der Waals surface area contributed by atoms with Gasteiger partial charge in [-0.2, -0.15) is 0 Å². The van der Waals surface area contributed by atoms with Gasteiger partial charge in [0.2, 0.25) is 5.91 Å². The van der Waals surface area contributed by atoms with Gasteiger partial charge in [-0.05, 0) is 51.4 Å². The van der Waals surface area contributed by atoms with Crippen LogP contribution in [0, 0.1) is 0 Å². The van der Waals surface area contributed by atoms with Crippen LogP contribution in [0.2, 0.25) is 0 Å². The highest BCUT2D eigenvalue weighted by atomic mass is 16.7. The molecule has 0 spiro atoms. The van der Waals surface area contributed by atoms with E-state index in [2.05, 4.69) is 55.6 Å². The van der Waals surface area contributed by atoms with Gasteiger partial charge >= 0.3 is 0 Å². The molecule has 14 heteroatoms. The van der Waals surface area contributed by atoms with Crippen LogP contribution in [0.25, 0.3) is 0 Å². The molecule has 12 unspecified atom stereocenters. The van der Waals surface area contributed by atoms with Crippen molar-refractivity contribution in [2.24, 2.45) is 0 Å². The summed E-state index contributed by atoms with van der Waals surface area (Å²) >= 11 is 0. The number of nitrogens with one attached hydrogen (secondary N) is 1. The average molecular weight is 856 g/mol. The Morgan fingerprint density at radius 1 is 0.617 bits per heavy atom. The second-order valence-corrected chi connectivity index (χ2v) is 16.1. The molecule has 2 aliphatic rings. The summed E-state index contributed by atoms with van der Waals surface area (Å²) in [6, 6.07) is -0.921. The molecule has 0 aliphatic carbocycles. The molecule has 60 heavy (non-hydrogen) atoms. The van der Waals surface area contributed by atoms with E-state index in [1.807, 2.05) is 6.08 Å². The number of aliphatic hydroxyl groups excluding tert-OH is 8. The quantitative estimate of drug-likeness (QED) is 0.0327. The zero-order valence-corrected chi connectivity index (χ0v) is 36.4. The summed E-state index contributed by atoms with van der Waals surface area (Å²) in [6.07, 6.45) is 20.2. The number of carbonyl (C=O) groups is 1. The second-order valence-electron chi connectivity index (χ2n) is 16.1. The fourth-order valence-electron chi connectivity index (χ4n) is 7.24. The van der Waals surface area contributed by atoms with Gasteiger partial charge in [-0.1, -0.05) is 133 Å². The molecule has 9 N–H and O–H groups in total. The lowest BCUT2D eigenvalue weighted by atomic mass is 9.97. The van der Waals surface area contributed by atoms with Crippen LogP contribution in [0.1, 0.15) is 142 Å². The number of unbranched alkanes of at least 4 members (excludes halogenated alkanes) is 14. The Morgan fingerprint density at radius 2 is 1.15 bits per heavy atom. The minimum Gasteiger partial charge on any atom is -0.394 e. The normalized spacial score (nSPS) is 28.7. The third kappa shape index (κ3) is 21.4. The lowest BCUT2D eigenvalue weighted by Crippen LogP contribution is -2.65. The molecule has 2 heterocycles. The van der Waals surface area contributed by atoms with Crippen LogP contribution in [0.3, 0.4) is 0 Å². The number of rotatable bonds is 33. The maximum atomic E-state index is 13.1. The Balaban J connectivity index is 1.91. The molecule has 1 amide bonds. The van der Waals surface area contributed by atoms with Crippen molar-refractivity contribution in [3.05, 3.63) is 48.6 Å². The third-order valence-corrected chi connectivity index (χ3v) is 11.0. The van der Waals surface area contributed by atoms with Gasteiger partial charge in [0.1, 0.15) is 48.8 Å². The summed E-state index contributed by atoms with van der Waals surface area (Å²) in [7, 11) is 0. The van der Waals surface area contributed by atoms with Gasteiger partial charge < -0.3 is 65.1 Å². The number of carbonyl (C=O) groups excluding carboxylic acids is 1. The van der Waals surface area contributed by atoms with E-state index in [0.717, 1.165) is 70.6 Å². The summed E-state index contributed by atoms with van der Waals surface area (Å²) in [5.74, 6) is -0.262. The van der Waals surface area contributed by atoms with Crippen molar-refractivity contribution in [1.29, 1.82) is 0 Å². The van der Waals surface area contributed by atoms with E-state index in [-0.39, 0.29) is 18.9 Å². The van der Waals surface area contributed by atoms with Crippen LogP contribution >= 0.6 is 0 Å². The fraction of sp³-hybridized carbons (Fsp3) is 0.804. The molecule has 2 fully saturated rings. The van der Waals surface area contributed by atoms with Gasteiger partial charge in [-0.25, -0.2) is 0 Å². The first-order valence-electron chi connectivity index (χ1n) is 22.9. The number of hydrogen-bond donors (Lipinski definition) is 9. The Hall–Kier alpha value is -2.05. The van der Waals surface area contributed by atoms with Crippen molar-refractivity contribution >= 4 is 5.91 Å². The fourth-order valence-corrected chi connectivity index (χ4v) is 7.24. The molecule has 12 atom stereocenters. The first-order chi connectivity index (χ1) is 29.1. The van der Waals surface area contributed by atoms with Gasteiger partial charge in [0.15, 0.2) is 12.6 Å². The maximum Gasteiger partial charge on any atom is 0.220 e. The summed E-state index contributed by atoms with van der Waals surface area (Å²) < 4.78 is 22.6. The summed E-state index contributed by atoms with van der Waals surface area (Å²) in [5.41, 5.74) is 0. The van der Waals surface area contributed by atoms with Crippen LogP contribution in [0.15, 0.2) is 48.6 Å². The monoisotopic (exact) mass is 856 g/mol. The van der Waals surface area contributed by atoms with Crippen LogP contribution in [0.5, 0.6) is 0 Å². The standard InChI is InChI=1S/C46H81NO13/c1-3-5-7-9-11-13-15-16-17-18-20-22-24-26-28-30-38(51)47-34(35(50)29-27-25-23-21-19-14-12-10-8-6-4-2)33-57-45-43(56)41(54)44(37(32-49)59-45)60-46-42(55)40(53)39(52)36(31-48)58-46/h5,7,11,13,16-17,27,29,34-37,39-46,48-50,52-56H,3-4,6,8-10,12,14-15,18-26,28,30-33H2,1-2H3,(H,47,51)/b7-5-,13-11-,17-16-,29-27+. The lowest BCUT2D eigenvalue weighted by molar-refractivity contribution is -0.359. The molecule has 2 rings (SSSR count). The minimum absolute atomic E-state index is 0.260. The Morgan fingerprint density at radius 3 is 1.77 bits per heavy atom. The zero-order chi connectivity index (χ0) is 44.0. The van der Waals surface area contributed by atoms with E-state index >= 15 is 0 Å². The largest absolute Gasteiger partial charge is 0.394 e. The molecular weight excluding hydrogens is 774 g/mol. The minimum atomic E-state index is -1.79. The smallest absolute Gasteiger partial charge is 0.220 e. The van der Waals surface area contributed by atoms with E-state index in [0.29, 0.717) is 6.42 Å². The summed E-state index contributed by atoms with van der Waals surface area (Å²) in [5, 5.41) is 86.4. The Kier molecular flexibility index (Phi) is 30.2. The van der Waals surface area contributed by atoms with Gasteiger partial charge in [-0.15, -0.1) is 0 Å². The van der Waals surface area contributed by atoms with Crippen molar-refractivity contribution in [1.82, 2.24) is 5.32 Å². The topological polar surface area (TPSA) is 228 Å². The third-order valence-electron chi connectivity index (χ3n) is 11.0. The molecule has 0 aromatic carbocycles. The predicted octanol–water partition coefficient (Wildman–Crippen LogP) is 4.54. The number of ether oxygens (including phenoxy) is 4. The predicted molar refractivity (Wildman–Crippen MR) is 231 cm³/mol. The van der Waals surface area contributed by atoms with Gasteiger partial charge in [0.05, 0.1) is 32.0 Å². The molecule has 0 aromatic rings. The average Bonchev–Trinajstić information content (AvgIpc) is 3.24. The van der Waals surface area contributed by atoms with Gasteiger partial charge in [-0.3, -0.25) is 4.79 Å². The van der Waals surface area contributed by atoms with Crippen molar-refractivity contribution < 1.29 is 64.6 Å². The highest BCUT2D eigenvalue weighted by Gasteiger charge is 2.50. The molecule has 2 saturated heterocycles.